The summed E-state index contributed by atoms with van der Waals surface area (Å²) in [6, 6.07) is 16.2. The highest BCUT2D eigenvalue weighted by Crippen LogP contribution is 2.49. The monoisotopic (exact) mass is 1190 g/mol. The molecule has 13 heteroatoms. The minimum Gasteiger partial charge on any atom is -0.748 e. The molecule has 0 aromatic heterocycles. The van der Waals surface area contributed by atoms with Crippen LogP contribution in [0, 0.1) is 0 Å². The second-order valence-electron chi connectivity index (χ2n) is 25.5. The molecule has 1 aliphatic carbocycles. The van der Waals surface area contributed by atoms with E-state index in [1.807, 2.05) is 60.7 Å². The maximum absolute atomic E-state index is 13.9. The number of benzene rings is 2. The Balaban J connectivity index is 0.000000434. The number of hydrogen-bond donors (Lipinski definition) is 0. The van der Waals surface area contributed by atoms with Crippen LogP contribution in [0.5, 0.6) is 0 Å². The summed E-state index contributed by atoms with van der Waals surface area (Å²) in [6.07, 6.45) is 33.9. The quantitative estimate of drug-likeness (QED) is 0.0282. The summed E-state index contributed by atoms with van der Waals surface area (Å²) < 4.78 is 69.9. The fourth-order valence-corrected chi connectivity index (χ4v) is 13.8. The number of Topliss-reactive ketones (excluding diaryl/α,β-unsaturated/α-hetero) is 1. The zero-order valence-corrected chi connectivity index (χ0v) is 56.3. The molecule has 2 aromatic carbocycles. The lowest BCUT2D eigenvalue weighted by Gasteiger charge is -2.39. The van der Waals surface area contributed by atoms with Crippen LogP contribution >= 0.6 is 0 Å². The summed E-state index contributed by atoms with van der Waals surface area (Å²) in [5.74, 6) is -0.760. The van der Waals surface area contributed by atoms with Crippen LogP contribution in [0.3, 0.4) is 0 Å². The second-order valence-corrected chi connectivity index (χ2v) is 28.5. The normalized spacial score (nSPS) is 17.9. The Morgan fingerprint density at radius 1 is 0.434 bits per heavy atom. The largest absolute Gasteiger partial charge is 0.748 e. The van der Waals surface area contributed by atoms with E-state index in [1.54, 1.807) is 0 Å². The van der Waals surface area contributed by atoms with E-state index in [1.165, 1.54) is 164 Å². The maximum atomic E-state index is 13.9. The van der Waals surface area contributed by atoms with Gasteiger partial charge in [0.15, 0.2) is 5.78 Å². The fraction of sp³-hybridized carbons (Fsp3) is 0.700. The number of anilines is 2. The minimum absolute atomic E-state index is 0.0148. The number of rotatable bonds is 36. The Morgan fingerprint density at radius 2 is 0.711 bits per heavy atom. The molecule has 0 bridgehead atoms. The van der Waals surface area contributed by atoms with Gasteiger partial charge in [-0.05, 0) is 143 Å². The van der Waals surface area contributed by atoms with Crippen LogP contribution in [0.2, 0.25) is 0 Å². The van der Waals surface area contributed by atoms with Crippen LogP contribution in [-0.2, 0) is 35.9 Å². The fourth-order valence-electron chi connectivity index (χ4n) is 12.7. The molecule has 3 aliphatic rings. The van der Waals surface area contributed by atoms with Gasteiger partial charge in [-0.1, -0.05) is 183 Å². The molecule has 1 fully saturated rings. The summed E-state index contributed by atoms with van der Waals surface area (Å²) >= 11 is 0. The molecule has 0 atom stereocenters. The highest BCUT2D eigenvalue weighted by Gasteiger charge is 2.41. The van der Waals surface area contributed by atoms with E-state index in [0.717, 1.165) is 51.5 Å². The second kappa shape index (κ2) is 37.2. The molecule has 472 valence electrons. The third kappa shape index (κ3) is 23.9. The molecule has 2 aromatic rings. The van der Waals surface area contributed by atoms with Crippen LogP contribution in [0.25, 0.3) is 0 Å². The van der Waals surface area contributed by atoms with Crippen molar-refractivity contribution in [2.24, 2.45) is 0 Å². The molecule has 0 amide bonds. The smallest absolute Gasteiger partial charge is 0.184 e. The molecule has 5 rings (SSSR count). The average molecular weight is 1190 g/mol. The number of quaternary nitrogens is 2. The third-order valence-corrected chi connectivity index (χ3v) is 19.5. The number of carbonyl (C=O) groups excluding carboxylic acids is 1. The lowest BCUT2D eigenvalue weighted by atomic mass is 9.82. The highest BCUT2D eigenvalue weighted by molar-refractivity contribution is 7.85. The Labute approximate surface area is 509 Å². The van der Waals surface area contributed by atoms with Gasteiger partial charge in [0.05, 0.1) is 72.6 Å². The number of hydrogen-bond acceptors (Lipinski definition) is 9. The van der Waals surface area contributed by atoms with Crippen molar-refractivity contribution < 1.29 is 39.7 Å². The van der Waals surface area contributed by atoms with Gasteiger partial charge < -0.3 is 27.9 Å². The topological polar surface area (TPSA) is 138 Å². The lowest BCUT2D eigenvalue weighted by molar-refractivity contribution is -0.929. The van der Waals surface area contributed by atoms with Crippen molar-refractivity contribution in [2.75, 3.05) is 86.8 Å². The molecule has 2 heterocycles. The molecular weight excluding hydrogens is 1070 g/mol. The number of unbranched alkanes of at least 4 members (excludes halogenated alkanes) is 10. The van der Waals surface area contributed by atoms with E-state index >= 15 is 0 Å². The zero-order valence-electron chi connectivity index (χ0n) is 54.6. The molecule has 0 saturated heterocycles. The van der Waals surface area contributed by atoms with E-state index in [-0.39, 0.29) is 41.0 Å². The molecule has 2 aliphatic heterocycles. The van der Waals surface area contributed by atoms with Gasteiger partial charge in [0, 0.05) is 58.2 Å². The predicted octanol–water partition coefficient (Wildman–Crippen LogP) is 16.6. The zero-order chi connectivity index (χ0) is 61.6. The van der Waals surface area contributed by atoms with Crippen molar-refractivity contribution in [1.82, 2.24) is 0 Å². The molecule has 1 saturated carbocycles. The van der Waals surface area contributed by atoms with Gasteiger partial charge in [-0.15, -0.1) is 0 Å². The Morgan fingerprint density at radius 3 is 0.976 bits per heavy atom. The first-order valence-corrected chi connectivity index (χ1v) is 36.3. The Kier molecular flexibility index (Phi) is 33.0. The van der Waals surface area contributed by atoms with Gasteiger partial charge in [-0.3, -0.25) is 4.79 Å². The average Bonchev–Trinajstić information content (AvgIpc) is 3.93. The van der Waals surface area contributed by atoms with Crippen molar-refractivity contribution >= 4 is 37.4 Å². The third-order valence-electron chi connectivity index (χ3n) is 17.9. The van der Waals surface area contributed by atoms with Gasteiger partial charge in [-0.2, -0.15) is 0 Å². The van der Waals surface area contributed by atoms with Gasteiger partial charge in [0.1, 0.15) is 0 Å². The lowest BCUT2D eigenvalue weighted by Crippen LogP contribution is -2.50. The number of ketones is 1. The summed E-state index contributed by atoms with van der Waals surface area (Å²) in [5, 5.41) is 0. The number of nitrogens with zero attached hydrogens (tertiary/aromatic N) is 4. The van der Waals surface area contributed by atoms with Crippen LogP contribution < -0.4 is 9.80 Å². The van der Waals surface area contributed by atoms with Crippen molar-refractivity contribution in [3.63, 3.8) is 0 Å². The summed E-state index contributed by atoms with van der Waals surface area (Å²) in [6.45, 7) is 39.7. The van der Waals surface area contributed by atoms with Crippen LogP contribution in [-0.4, -0.2) is 118 Å². The van der Waals surface area contributed by atoms with Gasteiger partial charge >= 0.3 is 0 Å². The number of carbonyl (C=O) groups is 1. The van der Waals surface area contributed by atoms with Crippen LogP contribution in [0.15, 0.2) is 95.4 Å². The van der Waals surface area contributed by atoms with Gasteiger partial charge in [0.2, 0.25) is 0 Å². The van der Waals surface area contributed by atoms with E-state index in [4.69, 9.17) is 0 Å². The predicted molar refractivity (Wildman–Crippen MR) is 351 cm³/mol. The van der Waals surface area contributed by atoms with E-state index in [2.05, 4.69) is 105 Å². The minimum atomic E-state index is -4.27. The Hall–Kier alpha value is -3.59. The summed E-state index contributed by atoms with van der Waals surface area (Å²) in [4.78, 5) is 18.2. The van der Waals surface area contributed by atoms with Gasteiger partial charge in [-0.25, -0.2) is 16.8 Å². The van der Waals surface area contributed by atoms with E-state index in [9.17, 15) is 30.7 Å². The van der Waals surface area contributed by atoms with Gasteiger partial charge in [0.25, 0.3) is 0 Å². The molecular formula is C70H118N4O7S2. The summed E-state index contributed by atoms with van der Waals surface area (Å²) in [5.41, 5.74) is 7.20. The van der Waals surface area contributed by atoms with E-state index in [0.29, 0.717) is 38.8 Å². The molecule has 83 heavy (non-hydrogen) atoms. The number of allylic oxidation sites excluding steroid dienone is 8. The standard InChI is InChI=1S/C38H48N2O7S2.2C16H36N/c1-37(2)30-16-5-7-18-32(30)39(24-9-11-26-48(42,43)44)34(37)22-20-28-14-13-15-29(36(28)41)21-23-35-38(3,4)31-17-6-8-19-33(31)40(35)25-10-12-27-49(45,46)47;2*1-5-9-13-17(14-10-6-2,15-11-7-3)16-12-8-4/h5-8,16-23H,9-15,24-27H2,1-4H3,(H,42,43,44)(H,45,46,47);2*5-16H2,1-4H3/q;2*+1/p-2. The van der Waals surface area contributed by atoms with Crippen LogP contribution in [0.4, 0.5) is 11.4 Å². The first-order chi connectivity index (χ1) is 39.5. The molecule has 11 nitrogen and oxygen atoms in total. The van der Waals surface area contributed by atoms with E-state index < -0.39 is 20.2 Å². The molecule has 0 radical (unpaired) electrons. The first kappa shape index (κ1) is 73.7. The van der Waals surface area contributed by atoms with Crippen molar-refractivity contribution in [2.45, 2.75) is 242 Å². The van der Waals surface area contributed by atoms with Crippen molar-refractivity contribution in [3.8, 4) is 0 Å². The number of fused-ring (bicyclic) bond motifs is 2. The van der Waals surface area contributed by atoms with Crippen molar-refractivity contribution in [3.05, 3.63) is 107 Å². The Bertz CT molecular complexity index is 2330. The highest BCUT2D eigenvalue weighted by atomic mass is 32.2. The van der Waals surface area contributed by atoms with Crippen molar-refractivity contribution in [1.29, 1.82) is 0 Å². The maximum Gasteiger partial charge on any atom is 0.184 e. The summed E-state index contributed by atoms with van der Waals surface area (Å²) in [7, 11) is -8.54. The SMILES string of the molecule is CC1(C)C(=CC=C2CCCC(=CC=C3N(CCCCS(=O)(=O)[O-])c4ccccc4C3(C)C)C2=O)N(CCCCS(=O)(=O)[O-])c2ccccc21.CCCC[N+](CCCC)(CCCC)CCCC.CCCC[N+](CCCC)(CCCC)CCCC. The molecule has 0 unspecified atom stereocenters. The number of para-hydroxylation sites is 2. The molecule has 0 spiro atoms. The first-order valence-electron chi connectivity index (χ1n) is 33.2. The van der Waals surface area contributed by atoms with Crippen LogP contribution in [0.1, 0.15) is 242 Å². The molecule has 0 N–H and O–H groups in total.